The van der Waals surface area contributed by atoms with Crippen LogP contribution < -0.4 is 0 Å². The fraction of sp³-hybridized carbons (Fsp3) is 0.857. The Kier molecular flexibility index (Phi) is 12.3. The molecule has 322 valence electrons. The minimum atomic E-state index is -10.1. The number of hydrogen-bond acceptors (Lipinski definition) is 2. The fourth-order valence-corrected chi connectivity index (χ4v) is 3.29. The molecule has 0 aliphatic heterocycles. The summed E-state index contributed by atoms with van der Waals surface area (Å²) in [5.74, 6) is -116. The molecule has 0 rings (SSSR count). The number of rotatable bonds is 16. The second-order valence-corrected chi connectivity index (χ2v) is 10.3. The van der Waals surface area contributed by atoms with Gasteiger partial charge in [0, 0.05) is 5.57 Å². The zero-order chi connectivity index (χ0) is 44.8. The van der Waals surface area contributed by atoms with Crippen LogP contribution in [-0.2, 0) is 9.53 Å². The Labute approximate surface area is 274 Å². The first-order valence-corrected chi connectivity index (χ1v) is 12.0. The van der Waals surface area contributed by atoms with Crippen LogP contribution in [0.1, 0.15) is 13.3 Å². The Morgan fingerprint density at radius 1 is 0.389 bits per heavy atom. The van der Waals surface area contributed by atoms with Crippen molar-refractivity contribution in [2.45, 2.75) is 102 Å². The molecular weight excluding hydrogens is 873 g/mol. The summed E-state index contributed by atoms with van der Waals surface area (Å²) in [5, 5.41) is 0. The van der Waals surface area contributed by atoms with Gasteiger partial charge in [0.1, 0.15) is 0 Å². The summed E-state index contributed by atoms with van der Waals surface area (Å²) >= 11 is 0. The van der Waals surface area contributed by atoms with Crippen LogP contribution in [-0.4, -0.2) is 102 Å². The van der Waals surface area contributed by atoms with E-state index in [4.69, 9.17) is 0 Å². The van der Waals surface area contributed by atoms with Gasteiger partial charge in [0.15, 0.2) is 0 Å². The Morgan fingerprint density at radius 3 is 0.796 bits per heavy atom. The molecule has 0 fully saturated rings. The van der Waals surface area contributed by atoms with Crippen LogP contribution in [0.25, 0.3) is 0 Å². The Hall–Kier alpha value is -2.96. The van der Waals surface area contributed by atoms with Crippen molar-refractivity contribution in [1.29, 1.82) is 0 Å². The van der Waals surface area contributed by atoms with E-state index in [0.717, 1.165) is 0 Å². The molecule has 0 aliphatic rings. The number of esters is 1. The van der Waals surface area contributed by atoms with Gasteiger partial charge in [0.2, 0.25) is 0 Å². The van der Waals surface area contributed by atoms with E-state index in [0.29, 0.717) is 6.92 Å². The van der Waals surface area contributed by atoms with Gasteiger partial charge in [-0.15, -0.1) is 0 Å². The summed E-state index contributed by atoms with van der Waals surface area (Å²) in [4.78, 5) is 11.0. The van der Waals surface area contributed by atoms with E-state index >= 15 is 0 Å². The average Bonchev–Trinajstić information content (AvgIpc) is 2.93. The molecule has 0 aromatic carbocycles. The minimum absolute atomic E-state index is 0.638. The van der Waals surface area contributed by atoms with E-state index in [9.17, 15) is 141 Å². The molecule has 0 radical (unpaired) electrons. The number of halogens is 31. The summed E-state index contributed by atoms with van der Waals surface area (Å²) in [6.45, 7) is 0.960. The lowest BCUT2D eigenvalue weighted by molar-refractivity contribution is -0.490. The van der Waals surface area contributed by atoms with Crippen LogP contribution in [0.15, 0.2) is 12.2 Å². The van der Waals surface area contributed by atoms with Crippen molar-refractivity contribution in [3.05, 3.63) is 12.2 Å². The Balaban J connectivity index is 7.55. The number of carbonyl (C=O) groups excluding carboxylic acids is 1. The molecule has 0 saturated carbocycles. The molecule has 0 bridgehead atoms. The van der Waals surface area contributed by atoms with Gasteiger partial charge in [0.25, 0.3) is 0 Å². The minimum Gasteiger partial charge on any atom is -0.462 e. The fourth-order valence-electron chi connectivity index (χ4n) is 3.29. The van der Waals surface area contributed by atoms with Crippen LogP contribution >= 0.6 is 0 Å². The highest BCUT2D eigenvalue weighted by atomic mass is 19.4. The molecule has 0 heterocycles. The van der Waals surface area contributed by atoms with Crippen molar-refractivity contribution in [1.82, 2.24) is 0 Å². The molecule has 0 aromatic rings. The summed E-state index contributed by atoms with van der Waals surface area (Å²) in [7, 11) is 0. The topological polar surface area (TPSA) is 26.3 Å². The number of ether oxygens (including phenoxy) is 1. The number of carbonyl (C=O) groups is 1. The molecule has 0 unspecified atom stereocenters. The predicted molar refractivity (Wildman–Crippen MR) is 106 cm³/mol. The van der Waals surface area contributed by atoms with Crippen LogP contribution in [0.4, 0.5) is 136 Å². The molecule has 2 nitrogen and oxygen atoms in total. The number of alkyl halides is 31. The van der Waals surface area contributed by atoms with E-state index in [1.165, 1.54) is 0 Å². The van der Waals surface area contributed by atoms with Crippen LogP contribution in [0, 0.1) is 0 Å². The van der Waals surface area contributed by atoms with Crippen molar-refractivity contribution < 1.29 is 146 Å². The van der Waals surface area contributed by atoms with Crippen molar-refractivity contribution in [2.24, 2.45) is 0 Å². The van der Waals surface area contributed by atoms with E-state index in [-0.39, 0.29) is 0 Å². The molecule has 0 atom stereocenters. The third-order valence-corrected chi connectivity index (χ3v) is 6.61. The first kappa shape index (κ1) is 51.0. The maximum atomic E-state index is 13.9. The highest BCUT2D eigenvalue weighted by Gasteiger charge is 3.02. The van der Waals surface area contributed by atoms with E-state index in [1.54, 1.807) is 0 Å². The quantitative estimate of drug-likeness (QED) is 0.0877. The summed E-state index contributed by atoms with van der Waals surface area (Å²) in [5.41, 5.74) is -10.2. The molecule has 54 heavy (non-hydrogen) atoms. The van der Waals surface area contributed by atoms with Crippen molar-refractivity contribution in [3.63, 3.8) is 0 Å². The highest BCUT2D eigenvalue weighted by molar-refractivity contribution is 5.86. The second-order valence-electron chi connectivity index (χ2n) is 10.3. The molecule has 33 heteroatoms. The van der Waals surface area contributed by atoms with Gasteiger partial charge in [-0.2, -0.15) is 132 Å². The largest absolute Gasteiger partial charge is 0.462 e. The second kappa shape index (κ2) is 13.0. The van der Waals surface area contributed by atoms with E-state index in [2.05, 4.69) is 11.3 Å². The van der Waals surface area contributed by atoms with Crippen molar-refractivity contribution in [3.8, 4) is 0 Å². The van der Waals surface area contributed by atoms with Gasteiger partial charge < -0.3 is 4.74 Å². The van der Waals surface area contributed by atoms with Crippen molar-refractivity contribution >= 4 is 5.97 Å². The summed E-state index contributed by atoms with van der Waals surface area (Å²) < 4.78 is 424. The molecule has 0 amide bonds. The Bertz CT molecular complexity index is 1380. The van der Waals surface area contributed by atoms with Gasteiger partial charge in [-0.25, -0.2) is 9.18 Å². The lowest BCUT2D eigenvalue weighted by Gasteiger charge is -2.47. The molecule has 0 saturated heterocycles. The third-order valence-electron chi connectivity index (χ3n) is 6.61. The molecular formula is C21H9F31O2. The lowest BCUT2D eigenvalue weighted by atomic mass is 9.81. The van der Waals surface area contributed by atoms with Crippen LogP contribution in [0.3, 0.4) is 0 Å². The lowest BCUT2D eigenvalue weighted by Crippen LogP contribution is -2.80. The normalized spacial score (nSPS) is 16.4. The molecule has 0 aliphatic carbocycles. The summed E-state index contributed by atoms with van der Waals surface area (Å²) in [6, 6.07) is 0. The molecule has 0 aromatic heterocycles. The SMILES string of the molecule is C=C(C)C(=O)OCCC(F)(F)C(F)(F)C(F)(F)C(F)(F)C(F)(F)C(F)(F)C(F)(F)C(F)(F)C(F)(F)C(F)(F)C(F)(F)C(F)(F)C(F)(C(F)(F)F)C(F)(F)F. The smallest absolute Gasteiger partial charge is 0.438 e. The first-order valence-electron chi connectivity index (χ1n) is 12.0. The molecule has 0 N–H and O–H groups in total. The standard InChI is InChI=1S/C21H9F31O2/c1-5(2)6(53)54-4-3-7(22,23)9(25,26)11(29,30)13(33,34)15(37,38)17(41,42)19(45,46)18(43,44)16(39,40)14(35,36)12(31,32)10(27,28)8(24,20(47,48)49)21(50,51)52/h1,3-4H2,2H3. The zero-order valence-electron chi connectivity index (χ0n) is 24.2. The van der Waals surface area contributed by atoms with E-state index < -0.39 is 114 Å². The average molecular weight is 882 g/mol. The van der Waals surface area contributed by atoms with Crippen LogP contribution in [0.5, 0.6) is 0 Å². The van der Waals surface area contributed by atoms with Crippen molar-refractivity contribution in [2.75, 3.05) is 6.61 Å². The molecule has 0 spiro atoms. The predicted octanol–water partition coefficient (Wildman–Crippen LogP) is 11.0. The van der Waals surface area contributed by atoms with Gasteiger partial charge in [-0.3, -0.25) is 0 Å². The summed E-state index contributed by atoms with van der Waals surface area (Å²) in [6.07, 6.45) is -20.9. The van der Waals surface area contributed by atoms with Gasteiger partial charge in [-0.05, 0) is 6.92 Å². The van der Waals surface area contributed by atoms with Crippen LogP contribution in [0.2, 0.25) is 0 Å². The Morgan fingerprint density at radius 2 is 0.593 bits per heavy atom. The first-order chi connectivity index (χ1) is 22.8. The van der Waals surface area contributed by atoms with E-state index in [1.807, 2.05) is 0 Å². The monoisotopic (exact) mass is 882 g/mol. The maximum Gasteiger partial charge on any atom is 0.438 e. The van der Waals surface area contributed by atoms with Gasteiger partial charge >= 0.3 is 95.1 Å². The highest BCUT2D eigenvalue weighted by Crippen LogP contribution is 2.70. The number of hydrogen-bond donors (Lipinski definition) is 0. The van der Waals surface area contributed by atoms with Gasteiger partial charge in [-0.1, -0.05) is 6.58 Å². The zero-order valence-corrected chi connectivity index (χ0v) is 24.2. The van der Waals surface area contributed by atoms with Gasteiger partial charge in [0.05, 0.1) is 13.0 Å². The maximum absolute atomic E-state index is 13.9. The third kappa shape index (κ3) is 6.30.